The van der Waals surface area contributed by atoms with E-state index in [0.717, 1.165) is 12.0 Å². The number of rotatable bonds is 7. The third-order valence-corrected chi connectivity index (χ3v) is 4.35. The lowest BCUT2D eigenvalue weighted by Gasteiger charge is -2.14. The fraction of sp³-hybridized carbons (Fsp3) is 0.467. The second kappa shape index (κ2) is 7.93. The molecule has 1 amide bonds. The highest BCUT2D eigenvalue weighted by molar-refractivity contribution is 7.99. The predicted molar refractivity (Wildman–Crippen MR) is 86.6 cm³/mol. The molecule has 0 bridgehead atoms. The summed E-state index contributed by atoms with van der Waals surface area (Å²) in [4.78, 5) is 12.0. The van der Waals surface area contributed by atoms with E-state index in [2.05, 4.69) is 52.0 Å². The number of carbonyl (C=O) groups is 1. The van der Waals surface area contributed by atoms with Gasteiger partial charge < -0.3 is 5.32 Å². The van der Waals surface area contributed by atoms with Crippen molar-refractivity contribution in [3.8, 4) is 0 Å². The lowest BCUT2D eigenvalue weighted by atomic mass is 10.1. The summed E-state index contributed by atoms with van der Waals surface area (Å²) in [5, 5.41) is 15.0. The summed E-state index contributed by atoms with van der Waals surface area (Å²) >= 11 is 1.34. The van der Waals surface area contributed by atoms with Crippen molar-refractivity contribution in [2.24, 2.45) is 0 Å². The lowest BCUT2D eigenvalue weighted by Crippen LogP contribution is -2.28. The van der Waals surface area contributed by atoms with Crippen molar-refractivity contribution in [2.75, 3.05) is 5.75 Å². The molecule has 0 fully saturated rings. The number of aryl methyl sites for hydroxylation is 2. The minimum atomic E-state index is -0.0253. The van der Waals surface area contributed by atoms with Crippen molar-refractivity contribution in [3.63, 3.8) is 0 Å². The zero-order chi connectivity index (χ0) is 15.9. The first-order valence-electron chi connectivity index (χ1n) is 7.41. The highest BCUT2D eigenvalue weighted by Crippen LogP contribution is 2.16. The molecular weight excluding hydrogens is 298 g/mol. The molecule has 0 aliphatic heterocycles. The van der Waals surface area contributed by atoms with E-state index >= 15 is 0 Å². The molecule has 0 radical (unpaired) electrons. The van der Waals surface area contributed by atoms with Crippen LogP contribution in [0.5, 0.6) is 0 Å². The summed E-state index contributed by atoms with van der Waals surface area (Å²) in [5.41, 5.74) is 2.40. The largest absolute Gasteiger partial charge is 0.349 e. The Morgan fingerprint density at radius 3 is 2.68 bits per heavy atom. The maximum absolute atomic E-state index is 12.0. The van der Waals surface area contributed by atoms with E-state index in [1.165, 1.54) is 17.3 Å². The highest BCUT2D eigenvalue weighted by Gasteiger charge is 2.12. The minimum absolute atomic E-state index is 0.0128. The van der Waals surface area contributed by atoms with Crippen LogP contribution in [0.25, 0.3) is 0 Å². The number of nitrogens with one attached hydrogen (secondary N) is 1. The molecule has 118 valence electrons. The van der Waals surface area contributed by atoms with E-state index in [0.29, 0.717) is 17.5 Å². The Hall–Kier alpha value is -1.89. The quantitative estimate of drug-likeness (QED) is 0.792. The molecule has 1 atom stereocenters. The van der Waals surface area contributed by atoms with E-state index in [1.807, 2.05) is 13.8 Å². The van der Waals surface area contributed by atoms with E-state index in [1.54, 1.807) is 4.68 Å². The molecule has 1 aromatic carbocycles. The van der Waals surface area contributed by atoms with Crippen LogP contribution in [0.1, 0.15) is 37.9 Å². The van der Waals surface area contributed by atoms with Gasteiger partial charge in [-0.25, -0.2) is 4.68 Å². The average Bonchev–Trinajstić information content (AvgIpc) is 3.00. The number of hydrogen-bond donors (Lipinski definition) is 1. The topological polar surface area (TPSA) is 72.7 Å². The van der Waals surface area contributed by atoms with Crippen molar-refractivity contribution >= 4 is 17.7 Å². The Morgan fingerprint density at radius 2 is 2.05 bits per heavy atom. The minimum Gasteiger partial charge on any atom is -0.349 e. The molecule has 22 heavy (non-hydrogen) atoms. The van der Waals surface area contributed by atoms with Gasteiger partial charge in [0, 0.05) is 6.54 Å². The van der Waals surface area contributed by atoms with E-state index in [4.69, 9.17) is 0 Å². The van der Waals surface area contributed by atoms with Gasteiger partial charge in [-0.2, -0.15) is 0 Å². The summed E-state index contributed by atoms with van der Waals surface area (Å²) in [5.74, 6) is 0.278. The first kappa shape index (κ1) is 16.5. The van der Waals surface area contributed by atoms with Crippen LogP contribution in [0, 0.1) is 0 Å². The molecule has 6 nitrogen and oxygen atoms in total. The monoisotopic (exact) mass is 319 g/mol. The molecule has 2 aromatic rings. The summed E-state index contributed by atoms with van der Waals surface area (Å²) in [6, 6.07) is 8.31. The van der Waals surface area contributed by atoms with Gasteiger partial charge in [-0.05, 0) is 41.8 Å². The van der Waals surface area contributed by atoms with Crippen LogP contribution in [0.15, 0.2) is 29.4 Å². The second-order valence-electron chi connectivity index (χ2n) is 4.95. The van der Waals surface area contributed by atoms with Gasteiger partial charge in [0.25, 0.3) is 0 Å². The van der Waals surface area contributed by atoms with Crippen LogP contribution in [0.4, 0.5) is 0 Å². The second-order valence-corrected chi connectivity index (χ2v) is 5.89. The lowest BCUT2D eigenvalue weighted by molar-refractivity contribution is -0.119. The van der Waals surface area contributed by atoms with Gasteiger partial charge in [0.15, 0.2) is 0 Å². The fourth-order valence-corrected chi connectivity index (χ4v) is 2.79. The summed E-state index contributed by atoms with van der Waals surface area (Å²) in [6.45, 7) is 6.76. The molecule has 1 aromatic heterocycles. The van der Waals surface area contributed by atoms with E-state index < -0.39 is 0 Å². The van der Waals surface area contributed by atoms with Crippen LogP contribution < -0.4 is 5.32 Å². The van der Waals surface area contributed by atoms with Crippen molar-refractivity contribution < 1.29 is 4.79 Å². The Kier molecular flexibility index (Phi) is 5.94. The van der Waals surface area contributed by atoms with Crippen LogP contribution in [-0.4, -0.2) is 31.9 Å². The highest BCUT2D eigenvalue weighted by atomic mass is 32.2. The summed E-state index contributed by atoms with van der Waals surface area (Å²) < 4.78 is 1.67. The Labute approximate surface area is 134 Å². The number of carbonyl (C=O) groups excluding carboxylic acids is 1. The van der Waals surface area contributed by atoms with Crippen LogP contribution in [0.2, 0.25) is 0 Å². The maximum atomic E-state index is 12.0. The number of aromatic nitrogens is 4. The van der Waals surface area contributed by atoms with Gasteiger partial charge in [0.05, 0.1) is 11.8 Å². The van der Waals surface area contributed by atoms with Crippen LogP contribution in [-0.2, 0) is 17.8 Å². The van der Waals surface area contributed by atoms with Gasteiger partial charge in [-0.3, -0.25) is 4.79 Å². The molecule has 0 aliphatic rings. The van der Waals surface area contributed by atoms with Gasteiger partial charge in [-0.1, -0.05) is 43.0 Å². The van der Waals surface area contributed by atoms with Gasteiger partial charge >= 0.3 is 0 Å². The number of nitrogens with zero attached hydrogens (tertiary/aromatic N) is 4. The van der Waals surface area contributed by atoms with Crippen molar-refractivity contribution in [2.45, 2.75) is 44.9 Å². The average molecular weight is 319 g/mol. The zero-order valence-electron chi connectivity index (χ0n) is 13.1. The SMILES string of the molecule is CCc1ccc(C(C)NC(=O)CSc2nnnn2CC)cc1. The first-order chi connectivity index (χ1) is 10.6. The molecule has 0 saturated heterocycles. The Morgan fingerprint density at radius 1 is 1.32 bits per heavy atom. The number of thioether (sulfide) groups is 1. The summed E-state index contributed by atoms with van der Waals surface area (Å²) in [6.07, 6.45) is 1.02. The first-order valence-corrected chi connectivity index (χ1v) is 8.39. The Balaban J connectivity index is 1.85. The molecule has 0 spiro atoms. The third kappa shape index (κ3) is 4.30. The molecule has 0 saturated carbocycles. The van der Waals surface area contributed by atoms with Crippen molar-refractivity contribution in [3.05, 3.63) is 35.4 Å². The smallest absolute Gasteiger partial charge is 0.230 e. The zero-order valence-corrected chi connectivity index (χ0v) is 13.9. The van der Waals surface area contributed by atoms with Crippen LogP contribution >= 0.6 is 11.8 Å². The standard InChI is InChI=1S/C15H21N5OS/c1-4-12-6-8-13(9-7-12)11(3)16-14(21)10-22-15-17-18-19-20(15)5-2/h6-9,11H,4-5,10H2,1-3H3,(H,16,21). The molecule has 0 aliphatic carbocycles. The van der Waals surface area contributed by atoms with Crippen molar-refractivity contribution in [1.29, 1.82) is 0 Å². The number of tetrazole rings is 1. The molecule has 7 heteroatoms. The van der Waals surface area contributed by atoms with Gasteiger partial charge in [0.2, 0.25) is 11.1 Å². The number of benzene rings is 1. The molecular formula is C15H21N5OS. The third-order valence-electron chi connectivity index (χ3n) is 3.40. The molecule has 1 unspecified atom stereocenters. The van der Waals surface area contributed by atoms with E-state index in [-0.39, 0.29) is 11.9 Å². The summed E-state index contributed by atoms with van der Waals surface area (Å²) in [7, 11) is 0. The molecule has 2 rings (SSSR count). The Bertz CT molecular complexity index is 611. The van der Waals surface area contributed by atoms with E-state index in [9.17, 15) is 4.79 Å². The predicted octanol–water partition coefficient (Wildman–Crippen LogP) is 2.22. The number of amides is 1. The van der Waals surface area contributed by atoms with Crippen LogP contribution in [0.3, 0.4) is 0 Å². The van der Waals surface area contributed by atoms with Crippen molar-refractivity contribution in [1.82, 2.24) is 25.5 Å². The van der Waals surface area contributed by atoms with Gasteiger partial charge in [0.1, 0.15) is 0 Å². The molecule has 1 heterocycles. The molecule has 1 N–H and O–H groups in total. The van der Waals surface area contributed by atoms with Gasteiger partial charge in [-0.15, -0.1) is 5.10 Å². The number of hydrogen-bond acceptors (Lipinski definition) is 5. The maximum Gasteiger partial charge on any atom is 0.230 e. The fourth-order valence-electron chi connectivity index (χ4n) is 2.04. The normalized spacial score (nSPS) is 12.1.